The third kappa shape index (κ3) is 3.10. The lowest BCUT2D eigenvalue weighted by molar-refractivity contribution is 0.0279. The molecule has 0 N–H and O–H groups in total. The maximum Gasteiger partial charge on any atom is 0.193 e. The van der Waals surface area contributed by atoms with Crippen LogP contribution in [0.4, 0.5) is 4.39 Å². The molecular weight excluding hydrogens is 209 g/mol. The molecule has 0 radical (unpaired) electrons. The van der Waals surface area contributed by atoms with Crippen LogP contribution in [0.25, 0.3) is 0 Å². The second-order valence-electron chi connectivity index (χ2n) is 3.88. The monoisotopic (exact) mass is 225 g/mol. The van der Waals surface area contributed by atoms with Gasteiger partial charge in [0.05, 0.1) is 6.20 Å². The normalized spacial score (nSPS) is 12.8. The van der Waals surface area contributed by atoms with Crippen LogP contribution < -0.4 is 0 Å². The maximum absolute atomic E-state index is 12.9. The molecule has 1 aromatic heterocycles. The average Bonchev–Trinajstić information content (AvgIpc) is 2.24. The predicted octanol–water partition coefficient (Wildman–Crippen LogP) is 2.46. The standard InChI is InChI=1S/C12H16FNO2/c1-4-16-12(8(2)3)11(15)9-5-10(13)7-14-6-9/h5-8,12H,4H2,1-3H3. The molecule has 16 heavy (non-hydrogen) atoms. The molecule has 0 aliphatic carbocycles. The largest absolute Gasteiger partial charge is 0.370 e. The van der Waals surface area contributed by atoms with Crippen LogP contribution >= 0.6 is 0 Å². The number of nitrogens with zero attached hydrogens (tertiary/aromatic N) is 1. The highest BCUT2D eigenvalue weighted by atomic mass is 19.1. The smallest absolute Gasteiger partial charge is 0.193 e. The topological polar surface area (TPSA) is 39.2 Å². The first-order valence-corrected chi connectivity index (χ1v) is 5.32. The Morgan fingerprint density at radius 1 is 1.50 bits per heavy atom. The van der Waals surface area contributed by atoms with Gasteiger partial charge in [0.1, 0.15) is 11.9 Å². The van der Waals surface area contributed by atoms with Crippen molar-refractivity contribution in [3.05, 3.63) is 29.8 Å². The van der Waals surface area contributed by atoms with E-state index in [0.717, 1.165) is 6.20 Å². The van der Waals surface area contributed by atoms with Crippen molar-refractivity contribution in [2.24, 2.45) is 5.92 Å². The van der Waals surface area contributed by atoms with Gasteiger partial charge in [0.15, 0.2) is 5.78 Å². The van der Waals surface area contributed by atoms with Crippen molar-refractivity contribution in [3.63, 3.8) is 0 Å². The minimum atomic E-state index is -0.534. The highest BCUT2D eigenvalue weighted by molar-refractivity contribution is 5.99. The molecule has 0 aliphatic rings. The molecule has 1 rings (SSSR count). The summed E-state index contributed by atoms with van der Waals surface area (Å²) in [5.74, 6) is -0.676. The van der Waals surface area contributed by atoms with E-state index in [2.05, 4.69) is 4.98 Å². The van der Waals surface area contributed by atoms with Crippen LogP contribution in [-0.2, 0) is 4.74 Å². The van der Waals surface area contributed by atoms with Gasteiger partial charge in [0, 0.05) is 18.4 Å². The van der Waals surface area contributed by atoms with Gasteiger partial charge in [0.25, 0.3) is 0 Å². The second kappa shape index (κ2) is 5.70. The number of halogens is 1. The Hall–Kier alpha value is -1.29. The van der Waals surface area contributed by atoms with Gasteiger partial charge in [-0.1, -0.05) is 13.8 Å². The molecule has 1 aromatic rings. The van der Waals surface area contributed by atoms with E-state index in [1.165, 1.54) is 12.3 Å². The number of hydrogen-bond donors (Lipinski definition) is 0. The van der Waals surface area contributed by atoms with Crippen molar-refractivity contribution in [2.45, 2.75) is 26.9 Å². The van der Waals surface area contributed by atoms with Crippen LogP contribution in [0.5, 0.6) is 0 Å². The van der Waals surface area contributed by atoms with Crippen molar-refractivity contribution < 1.29 is 13.9 Å². The number of hydrogen-bond acceptors (Lipinski definition) is 3. The zero-order chi connectivity index (χ0) is 12.1. The molecule has 88 valence electrons. The first-order chi connectivity index (χ1) is 7.56. The molecule has 3 nitrogen and oxygen atoms in total. The summed E-state index contributed by atoms with van der Waals surface area (Å²) < 4.78 is 18.3. The summed E-state index contributed by atoms with van der Waals surface area (Å²) in [5.41, 5.74) is 0.257. The van der Waals surface area contributed by atoms with Gasteiger partial charge in [0.2, 0.25) is 0 Å². The van der Waals surface area contributed by atoms with Gasteiger partial charge >= 0.3 is 0 Å². The van der Waals surface area contributed by atoms with Crippen molar-refractivity contribution in [2.75, 3.05) is 6.61 Å². The van der Waals surface area contributed by atoms with Crippen LogP contribution in [0.3, 0.4) is 0 Å². The van der Waals surface area contributed by atoms with Gasteiger partial charge in [-0.3, -0.25) is 9.78 Å². The highest BCUT2D eigenvalue weighted by Crippen LogP contribution is 2.14. The first kappa shape index (κ1) is 12.8. The molecule has 0 fully saturated rings. The average molecular weight is 225 g/mol. The fourth-order valence-electron chi connectivity index (χ4n) is 1.46. The molecule has 0 aromatic carbocycles. The molecule has 0 saturated heterocycles. The van der Waals surface area contributed by atoms with Gasteiger partial charge in [-0.25, -0.2) is 4.39 Å². The number of Topliss-reactive ketones (excluding diaryl/α,β-unsaturated/α-hetero) is 1. The lowest BCUT2D eigenvalue weighted by Gasteiger charge is -2.19. The molecule has 1 atom stereocenters. The van der Waals surface area contributed by atoms with E-state index in [9.17, 15) is 9.18 Å². The minimum Gasteiger partial charge on any atom is -0.370 e. The summed E-state index contributed by atoms with van der Waals surface area (Å²) >= 11 is 0. The zero-order valence-corrected chi connectivity index (χ0v) is 9.74. The van der Waals surface area contributed by atoms with E-state index in [0.29, 0.717) is 6.61 Å². The van der Waals surface area contributed by atoms with Crippen LogP contribution in [0.2, 0.25) is 0 Å². The van der Waals surface area contributed by atoms with E-state index < -0.39 is 11.9 Å². The van der Waals surface area contributed by atoms with E-state index in [4.69, 9.17) is 4.74 Å². The Kier molecular flexibility index (Phi) is 4.55. The molecule has 0 amide bonds. The first-order valence-electron chi connectivity index (χ1n) is 5.32. The van der Waals surface area contributed by atoms with Crippen LogP contribution in [0.1, 0.15) is 31.1 Å². The Labute approximate surface area is 94.6 Å². The van der Waals surface area contributed by atoms with E-state index in [1.807, 2.05) is 20.8 Å². The summed E-state index contributed by atoms with van der Waals surface area (Å²) in [6.45, 7) is 6.07. The number of rotatable bonds is 5. The summed E-state index contributed by atoms with van der Waals surface area (Å²) in [6.07, 6.45) is 1.90. The summed E-state index contributed by atoms with van der Waals surface area (Å²) in [7, 11) is 0. The summed E-state index contributed by atoms with van der Waals surface area (Å²) in [5, 5.41) is 0. The molecule has 0 bridgehead atoms. The maximum atomic E-state index is 12.9. The van der Waals surface area contributed by atoms with Gasteiger partial charge < -0.3 is 4.74 Å². The van der Waals surface area contributed by atoms with Gasteiger partial charge in [-0.15, -0.1) is 0 Å². The van der Waals surface area contributed by atoms with Gasteiger partial charge in [-0.05, 0) is 18.9 Å². The van der Waals surface area contributed by atoms with Gasteiger partial charge in [-0.2, -0.15) is 0 Å². The quantitative estimate of drug-likeness (QED) is 0.722. The number of carbonyl (C=O) groups excluding carboxylic acids is 1. The summed E-state index contributed by atoms with van der Waals surface area (Å²) in [4.78, 5) is 15.7. The Balaban J connectivity index is 2.90. The molecule has 0 saturated carbocycles. The Morgan fingerprint density at radius 3 is 2.69 bits per heavy atom. The van der Waals surface area contributed by atoms with Crippen molar-refractivity contribution in [1.29, 1.82) is 0 Å². The Morgan fingerprint density at radius 2 is 2.19 bits per heavy atom. The molecular formula is C12H16FNO2. The fourth-order valence-corrected chi connectivity index (χ4v) is 1.46. The fraction of sp³-hybridized carbons (Fsp3) is 0.500. The van der Waals surface area contributed by atoms with Crippen molar-refractivity contribution in [3.8, 4) is 0 Å². The SMILES string of the molecule is CCOC(C(=O)c1cncc(F)c1)C(C)C. The van der Waals surface area contributed by atoms with E-state index in [1.54, 1.807) is 0 Å². The molecule has 4 heteroatoms. The second-order valence-corrected chi connectivity index (χ2v) is 3.88. The predicted molar refractivity (Wildman–Crippen MR) is 58.8 cm³/mol. The summed E-state index contributed by atoms with van der Waals surface area (Å²) in [6, 6.07) is 1.18. The van der Waals surface area contributed by atoms with E-state index >= 15 is 0 Å². The number of aromatic nitrogens is 1. The highest BCUT2D eigenvalue weighted by Gasteiger charge is 2.24. The van der Waals surface area contributed by atoms with Crippen LogP contribution in [0.15, 0.2) is 18.5 Å². The van der Waals surface area contributed by atoms with Crippen LogP contribution in [-0.4, -0.2) is 23.5 Å². The van der Waals surface area contributed by atoms with Crippen molar-refractivity contribution >= 4 is 5.78 Å². The number of pyridine rings is 1. The van der Waals surface area contributed by atoms with E-state index in [-0.39, 0.29) is 17.3 Å². The third-order valence-electron chi connectivity index (χ3n) is 2.20. The third-order valence-corrected chi connectivity index (χ3v) is 2.20. The zero-order valence-electron chi connectivity index (χ0n) is 9.74. The molecule has 1 heterocycles. The number of ketones is 1. The lowest BCUT2D eigenvalue weighted by atomic mass is 9.98. The number of carbonyl (C=O) groups is 1. The minimum absolute atomic E-state index is 0.0516. The molecule has 1 unspecified atom stereocenters. The Bertz CT molecular complexity index is 366. The lowest BCUT2D eigenvalue weighted by Crippen LogP contribution is -2.30. The van der Waals surface area contributed by atoms with Crippen molar-refractivity contribution in [1.82, 2.24) is 4.98 Å². The number of ether oxygens (including phenoxy) is 1. The molecule has 0 aliphatic heterocycles. The van der Waals surface area contributed by atoms with Crippen LogP contribution in [0, 0.1) is 11.7 Å². The molecule has 0 spiro atoms.